The van der Waals surface area contributed by atoms with Crippen LogP contribution >= 0.6 is 0 Å². The molecule has 2 rings (SSSR count). The molecule has 1 unspecified atom stereocenters. The minimum Gasteiger partial charge on any atom is -0.478 e. The topological polar surface area (TPSA) is 74.2 Å². The van der Waals surface area contributed by atoms with Gasteiger partial charge in [-0.1, -0.05) is 31.2 Å². The molecule has 22 heavy (non-hydrogen) atoms. The van der Waals surface area contributed by atoms with Crippen LogP contribution < -0.4 is 10.6 Å². The molecule has 0 aliphatic rings. The Labute approximate surface area is 130 Å². The van der Waals surface area contributed by atoms with Gasteiger partial charge < -0.3 is 15.7 Å². The number of carboxylic acids is 1. The summed E-state index contributed by atoms with van der Waals surface area (Å²) < 4.78 is 0. The molecular weight excluding hydrogens is 278 g/mol. The van der Waals surface area contributed by atoms with E-state index in [0.29, 0.717) is 12.2 Å². The summed E-state index contributed by atoms with van der Waals surface area (Å²) >= 11 is 0. The third-order valence-corrected chi connectivity index (χ3v) is 3.56. The number of carboxylic acid groups (broad SMARTS) is 1. The van der Waals surface area contributed by atoms with Gasteiger partial charge in [0.15, 0.2) is 0 Å². The molecule has 0 saturated carbocycles. The molecular formula is C17H21N3O2. The van der Waals surface area contributed by atoms with Crippen LogP contribution in [0.25, 0.3) is 0 Å². The van der Waals surface area contributed by atoms with Crippen molar-refractivity contribution in [2.75, 3.05) is 18.4 Å². The number of anilines is 1. The quantitative estimate of drug-likeness (QED) is 0.733. The van der Waals surface area contributed by atoms with Crippen LogP contribution in [0.2, 0.25) is 0 Å². The van der Waals surface area contributed by atoms with Crippen LogP contribution in [0.15, 0.2) is 42.7 Å². The van der Waals surface area contributed by atoms with Crippen molar-refractivity contribution in [3.63, 3.8) is 0 Å². The lowest BCUT2D eigenvalue weighted by Gasteiger charge is -2.21. The van der Waals surface area contributed by atoms with Gasteiger partial charge in [-0.05, 0) is 30.7 Å². The predicted molar refractivity (Wildman–Crippen MR) is 87.3 cm³/mol. The summed E-state index contributed by atoms with van der Waals surface area (Å²) in [7, 11) is 0. The number of aromatic carboxylic acids is 1. The molecule has 0 amide bonds. The van der Waals surface area contributed by atoms with Crippen molar-refractivity contribution in [1.29, 1.82) is 0 Å². The van der Waals surface area contributed by atoms with E-state index in [2.05, 4.69) is 41.6 Å². The van der Waals surface area contributed by atoms with Crippen molar-refractivity contribution in [2.45, 2.75) is 19.9 Å². The highest BCUT2D eigenvalue weighted by Gasteiger charge is 2.14. The van der Waals surface area contributed by atoms with Gasteiger partial charge in [-0.15, -0.1) is 0 Å². The first-order chi connectivity index (χ1) is 10.6. The van der Waals surface area contributed by atoms with Gasteiger partial charge in [-0.2, -0.15) is 0 Å². The molecule has 1 aromatic carbocycles. The number of aromatic nitrogens is 1. The maximum absolute atomic E-state index is 11.2. The molecule has 0 aliphatic heterocycles. The fourth-order valence-corrected chi connectivity index (χ4v) is 2.45. The zero-order valence-corrected chi connectivity index (χ0v) is 12.8. The van der Waals surface area contributed by atoms with E-state index < -0.39 is 5.97 Å². The van der Waals surface area contributed by atoms with E-state index >= 15 is 0 Å². The third-order valence-electron chi connectivity index (χ3n) is 3.56. The second kappa shape index (κ2) is 7.56. The van der Waals surface area contributed by atoms with Gasteiger partial charge in [-0.25, -0.2) is 4.79 Å². The maximum atomic E-state index is 11.2. The van der Waals surface area contributed by atoms with Crippen LogP contribution in [0.5, 0.6) is 0 Å². The Balaban J connectivity index is 2.17. The number of aryl methyl sites for hydroxylation is 1. The molecule has 116 valence electrons. The van der Waals surface area contributed by atoms with Crippen LogP contribution in [0, 0.1) is 6.92 Å². The Morgan fingerprint density at radius 1 is 1.32 bits per heavy atom. The summed E-state index contributed by atoms with van der Waals surface area (Å²) in [5.74, 6) is -0.958. The number of likely N-dealkylation sites (N-methyl/N-ethyl adjacent to an activating group) is 1. The predicted octanol–water partition coefficient (Wildman–Crippen LogP) is 2.85. The lowest BCUT2D eigenvalue weighted by Crippen LogP contribution is -2.28. The smallest absolute Gasteiger partial charge is 0.337 e. The molecule has 0 fully saturated rings. The molecule has 1 heterocycles. The Morgan fingerprint density at radius 3 is 2.77 bits per heavy atom. The molecule has 1 atom stereocenters. The van der Waals surface area contributed by atoms with Gasteiger partial charge in [0.1, 0.15) is 0 Å². The molecule has 2 aromatic rings. The first-order valence-corrected chi connectivity index (χ1v) is 7.33. The van der Waals surface area contributed by atoms with E-state index in [-0.39, 0.29) is 11.6 Å². The minimum atomic E-state index is -0.958. The SMILES string of the molecule is CCNC(CNc1cnccc1C(=O)O)c1ccccc1C. The number of nitrogens with zero attached hydrogens (tertiary/aromatic N) is 1. The largest absolute Gasteiger partial charge is 0.478 e. The highest BCUT2D eigenvalue weighted by Crippen LogP contribution is 2.20. The van der Waals surface area contributed by atoms with Crippen LogP contribution in [-0.2, 0) is 0 Å². The Kier molecular flexibility index (Phi) is 5.49. The van der Waals surface area contributed by atoms with Crippen molar-refractivity contribution < 1.29 is 9.90 Å². The lowest BCUT2D eigenvalue weighted by atomic mass is 10.0. The van der Waals surface area contributed by atoms with Crippen molar-refractivity contribution in [3.8, 4) is 0 Å². The summed E-state index contributed by atoms with van der Waals surface area (Å²) in [6, 6.07) is 9.80. The monoisotopic (exact) mass is 299 g/mol. The summed E-state index contributed by atoms with van der Waals surface area (Å²) in [4.78, 5) is 15.2. The first kappa shape index (κ1) is 16.0. The van der Waals surface area contributed by atoms with Gasteiger partial charge in [0.2, 0.25) is 0 Å². The number of pyridine rings is 1. The van der Waals surface area contributed by atoms with Gasteiger partial charge in [0, 0.05) is 18.8 Å². The van der Waals surface area contributed by atoms with Crippen LogP contribution in [0.1, 0.15) is 34.5 Å². The first-order valence-electron chi connectivity index (χ1n) is 7.33. The van der Waals surface area contributed by atoms with Crippen LogP contribution in [0.4, 0.5) is 5.69 Å². The Morgan fingerprint density at radius 2 is 2.09 bits per heavy atom. The van der Waals surface area contributed by atoms with Crippen LogP contribution in [-0.4, -0.2) is 29.1 Å². The van der Waals surface area contributed by atoms with E-state index in [1.165, 1.54) is 23.4 Å². The fourth-order valence-electron chi connectivity index (χ4n) is 2.45. The molecule has 0 radical (unpaired) electrons. The summed E-state index contributed by atoms with van der Waals surface area (Å²) in [5.41, 5.74) is 3.18. The van der Waals surface area contributed by atoms with Crippen molar-refractivity contribution >= 4 is 11.7 Å². The van der Waals surface area contributed by atoms with E-state index in [4.69, 9.17) is 0 Å². The van der Waals surface area contributed by atoms with Crippen molar-refractivity contribution in [3.05, 3.63) is 59.4 Å². The summed E-state index contributed by atoms with van der Waals surface area (Å²) in [5, 5.41) is 15.8. The van der Waals surface area contributed by atoms with Crippen molar-refractivity contribution in [1.82, 2.24) is 10.3 Å². The fraction of sp³-hybridized carbons (Fsp3) is 0.294. The van der Waals surface area contributed by atoms with E-state index in [9.17, 15) is 9.90 Å². The summed E-state index contributed by atoms with van der Waals surface area (Å²) in [6.07, 6.45) is 3.03. The third kappa shape index (κ3) is 3.83. The highest BCUT2D eigenvalue weighted by molar-refractivity contribution is 5.93. The number of hydrogen-bond acceptors (Lipinski definition) is 4. The van der Waals surface area contributed by atoms with E-state index in [1.807, 2.05) is 12.1 Å². The molecule has 5 nitrogen and oxygen atoms in total. The standard InChI is InChI=1S/C17H21N3O2/c1-3-19-16(13-7-5-4-6-12(13)2)11-20-15-10-18-9-8-14(15)17(21)22/h4-10,16,19-20H,3,11H2,1-2H3,(H,21,22). The number of rotatable bonds is 7. The van der Waals surface area contributed by atoms with E-state index in [1.54, 1.807) is 6.20 Å². The van der Waals surface area contributed by atoms with Gasteiger partial charge in [-0.3, -0.25) is 4.98 Å². The zero-order valence-electron chi connectivity index (χ0n) is 12.8. The molecule has 0 saturated heterocycles. The molecule has 0 aliphatic carbocycles. The molecule has 5 heteroatoms. The lowest BCUT2D eigenvalue weighted by molar-refractivity contribution is 0.0698. The van der Waals surface area contributed by atoms with Crippen LogP contribution in [0.3, 0.4) is 0 Å². The molecule has 3 N–H and O–H groups in total. The number of benzene rings is 1. The Hall–Kier alpha value is -2.40. The number of nitrogens with one attached hydrogen (secondary N) is 2. The number of carbonyl (C=O) groups is 1. The van der Waals surface area contributed by atoms with Gasteiger partial charge in [0.05, 0.1) is 17.4 Å². The molecule has 0 bridgehead atoms. The average Bonchev–Trinajstić information content (AvgIpc) is 2.52. The minimum absolute atomic E-state index is 0.105. The Bertz CT molecular complexity index is 643. The molecule has 0 spiro atoms. The van der Waals surface area contributed by atoms with Gasteiger partial charge >= 0.3 is 5.97 Å². The average molecular weight is 299 g/mol. The normalized spacial score (nSPS) is 11.9. The van der Waals surface area contributed by atoms with Gasteiger partial charge in [0.25, 0.3) is 0 Å². The second-order valence-corrected chi connectivity index (χ2v) is 5.07. The van der Waals surface area contributed by atoms with E-state index in [0.717, 1.165) is 6.54 Å². The van der Waals surface area contributed by atoms with Crippen molar-refractivity contribution in [2.24, 2.45) is 0 Å². The zero-order chi connectivity index (χ0) is 15.9. The summed E-state index contributed by atoms with van der Waals surface area (Å²) in [6.45, 7) is 5.55. The number of hydrogen-bond donors (Lipinski definition) is 3. The second-order valence-electron chi connectivity index (χ2n) is 5.07. The maximum Gasteiger partial charge on any atom is 0.337 e. The molecule has 1 aromatic heterocycles. The highest BCUT2D eigenvalue weighted by atomic mass is 16.4.